The van der Waals surface area contributed by atoms with Gasteiger partial charge in [-0.1, -0.05) is 18.2 Å². The molecule has 1 aromatic heterocycles. The molecule has 37 heavy (non-hydrogen) atoms. The van der Waals surface area contributed by atoms with Gasteiger partial charge in [0.1, 0.15) is 42.0 Å². The fourth-order valence-corrected chi connectivity index (χ4v) is 4.96. The van der Waals surface area contributed by atoms with Crippen LogP contribution in [0.3, 0.4) is 0 Å². The summed E-state index contributed by atoms with van der Waals surface area (Å²) < 4.78 is 36.0. The normalized spacial score (nSPS) is 25.7. The standard InChI is InChI=1S/C22H28N5O9P/c1-13(2)34-20(30)14(3)26-37(32,36-15-7-5-4-6-8-15)33-11-16-18(28)19(29)22(12-23,35-16)27-10-9-17(24)25-21(27)31/h4-10,13-14,16,18-19,28-29H,11H2,1-3H3,(H,26,32)(H2,24,25,31)/t14-,16+,18+,19+,22+,37-/m0/s1. The van der Waals surface area contributed by atoms with Crippen LogP contribution < -0.4 is 21.0 Å². The highest BCUT2D eigenvalue weighted by molar-refractivity contribution is 7.52. The Bertz CT molecular complexity index is 1250. The van der Waals surface area contributed by atoms with Crippen LogP contribution in [0.5, 0.6) is 5.75 Å². The van der Waals surface area contributed by atoms with Crippen molar-refractivity contribution in [3.05, 3.63) is 53.1 Å². The summed E-state index contributed by atoms with van der Waals surface area (Å²) in [5.41, 5.74) is 2.10. The first-order chi connectivity index (χ1) is 17.4. The van der Waals surface area contributed by atoms with Gasteiger partial charge in [0.05, 0.1) is 12.7 Å². The number of esters is 1. The summed E-state index contributed by atoms with van der Waals surface area (Å²) in [6.45, 7) is 4.01. The van der Waals surface area contributed by atoms with Crippen LogP contribution in [0.1, 0.15) is 20.8 Å². The molecule has 0 bridgehead atoms. The summed E-state index contributed by atoms with van der Waals surface area (Å²) in [6.07, 6.45) is -4.47. The van der Waals surface area contributed by atoms with E-state index in [2.05, 4.69) is 10.1 Å². The van der Waals surface area contributed by atoms with Crippen LogP contribution in [0.15, 0.2) is 47.4 Å². The minimum Gasteiger partial charge on any atom is -0.462 e. The van der Waals surface area contributed by atoms with Gasteiger partial charge < -0.3 is 29.9 Å². The van der Waals surface area contributed by atoms with Gasteiger partial charge in [0, 0.05) is 6.20 Å². The Hall–Kier alpha value is -3.31. The van der Waals surface area contributed by atoms with Crippen molar-refractivity contribution in [3.8, 4) is 11.8 Å². The number of aromatic nitrogens is 2. The van der Waals surface area contributed by atoms with Crippen molar-refractivity contribution in [2.24, 2.45) is 0 Å². The van der Waals surface area contributed by atoms with Crippen molar-refractivity contribution in [3.63, 3.8) is 0 Å². The van der Waals surface area contributed by atoms with Gasteiger partial charge in [-0.25, -0.2) is 9.36 Å². The maximum absolute atomic E-state index is 13.6. The van der Waals surface area contributed by atoms with E-state index in [0.717, 1.165) is 6.20 Å². The number of rotatable bonds is 10. The second kappa shape index (κ2) is 11.4. The molecule has 1 aromatic carbocycles. The van der Waals surface area contributed by atoms with E-state index in [4.69, 9.17) is 24.3 Å². The van der Waals surface area contributed by atoms with E-state index in [-0.39, 0.29) is 11.6 Å². The van der Waals surface area contributed by atoms with Crippen molar-refractivity contribution in [2.75, 3.05) is 12.3 Å². The molecule has 14 nitrogen and oxygen atoms in total. The molecule has 2 heterocycles. The highest BCUT2D eigenvalue weighted by Crippen LogP contribution is 2.46. The van der Waals surface area contributed by atoms with Crippen LogP contribution in [-0.4, -0.2) is 62.8 Å². The number of nitrogen functional groups attached to an aromatic ring is 1. The molecule has 0 unspecified atom stereocenters. The summed E-state index contributed by atoms with van der Waals surface area (Å²) >= 11 is 0. The number of anilines is 1. The van der Waals surface area contributed by atoms with E-state index in [9.17, 15) is 29.6 Å². The Kier molecular flexibility index (Phi) is 8.70. The van der Waals surface area contributed by atoms with Gasteiger partial charge in [0.2, 0.25) is 0 Å². The molecule has 1 aliphatic rings. The van der Waals surface area contributed by atoms with Gasteiger partial charge in [-0.05, 0) is 39.0 Å². The smallest absolute Gasteiger partial charge is 0.459 e. The number of hydrogen-bond donors (Lipinski definition) is 4. The third kappa shape index (κ3) is 6.34. The number of nitrogens with zero attached hydrogens (tertiary/aromatic N) is 3. The number of ether oxygens (including phenoxy) is 2. The van der Waals surface area contributed by atoms with E-state index in [1.54, 1.807) is 38.1 Å². The van der Waals surface area contributed by atoms with Crippen LogP contribution in [0, 0.1) is 11.3 Å². The van der Waals surface area contributed by atoms with Crippen molar-refractivity contribution in [2.45, 2.75) is 57.0 Å². The number of benzene rings is 1. The Morgan fingerprint density at radius 1 is 1.32 bits per heavy atom. The van der Waals surface area contributed by atoms with Crippen LogP contribution >= 0.6 is 7.75 Å². The number of carbonyl (C=O) groups excluding carboxylic acids is 1. The van der Waals surface area contributed by atoms with Gasteiger partial charge in [0.15, 0.2) is 0 Å². The number of aliphatic hydroxyl groups excluding tert-OH is 2. The van der Waals surface area contributed by atoms with Gasteiger partial charge in [-0.3, -0.25) is 13.9 Å². The lowest BCUT2D eigenvalue weighted by Crippen LogP contribution is -2.49. The molecule has 6 atom stereocenters. The maximum Gasteiger partial charge on any atom is 0.459 e. The molecule has 1 fully saturated rings. The number of nitrogens with two attached hydrogens (primary N) is 1. The number of carbonyl (C=O) groups is 1. The molecule has 0 aliphatic carbocycles. The Morgan fingerprint density at radius 3 is 2.59 bits per heavy atom. The molecule has 2 aromatic rings. The van der Waals surface area contributed by atoms with Gasteiger partial charge in [-0.15, -0.1) is 0 Å². The second-order valence-electron chi connectivity index (χ2n) is 8.44. The van der Waals surface area contributed by atoms with E-state index in [0.29, 0.717) is 4.57 Å². The summed E-state index contributed by atoms with van der Waals surface area (Å²) in [5, 5.41) is 33.5. The quantitative estimate of drug-likeness (QED) is 0.237. The first-order valence-corrected chi connectivity index (χ1v) is 12.7. The molecule has 200 valence electrons. The first kappa shape index (κ1) is 28.3. The number of nitrogens with one attached hydrogen (secondary N) is 1. The van der Waals surface area contributed by atoms with Crippen molar-refractivity contribution in [1.29, 1.82) is 5.26 Å². The highest BCUT2D eigenvalue weighted by atomic mass is 31.2. The third-order valence-electron chi connectivity index (χ3n) is 5.21. The topological polar surface area (TPSA) is 208 Å². The average Bonchev–Trinajstić information content (AvgIpc) is 3.08. The number of hydrogen-bond acceptors (Lipinski definition) is 12. The average molecular weight is 537 g/mol. The molecule has 0 saturated carbocycles. The lowest BCUT2D eigenvalue weighted by atomic mass is 10.0. The largest absolute Gasteiger partial charge is 0.462 e. The summed E-state index contributed by atoms with van der Waals surface area (Å²) in [4.78, 5) is 28.1. The Morgan fingerprint density at radius 2 is 2.00 bits per heavy atom. The summed E-state index contributed by atoms with van der Waals surface area (Å²) in [6, 6.07) is 9.70. The molecule has 0 amide bonds. The van der Waals surface area contributed by atoms with Crippen molar-refractivity contribution in [1.82, 2.24) is 14.6 Å². The number of para-hydroxylation sites is 1. The monoisotopic (exact) mass is 537 g/mol. The fourth-order valence-electron chi connectivity index (χ4n) is 3.46. The fraction of sp³-hybridized carbons (Fsp3) is 0.455. The predicted octanol–water partition coefficient (Wildman–Crippen LogP) is 0.256. The van der Waals surface area contributed by atoms with Gasteiger partial charge >= 0.3 is 19.4 Å². The molecule has 3 rings (SSSR count). The summed E-state index contributed by atoms with van der Waals surface area (Å²) in [5.74, 6) is -0.708. The highest BCUT2D eigenvalue weighted by Gasteiger charge is 2.57. The lowest BCUT2D eigenvalue weighted by molar-refractivity contribution is -0.149. The SMILES string of the molecule is CC(C)OC(=O)[C@H](C)N[P@](=O)(OC[C@H]1O[C@@](C#N)(n2ccc(N)nc2=O)[C@H](O)[C@@H]1O)Oc1ccccc1. The van der Waals surface area contributed by atoms with E-state index < -0.39 is 62.2 Å². The lowest BCUT2D eigenvalue weighted by Gasteiger charge is -2.26. The molecule has 5 N–H and O–H groups in total. The first-order valence-electron chi connectivity index (χ1n) is 11.2. The van der Waals surface area contributed by atoms with E-state index in [1.807, 2.05) is 0 Å². The van der Waals surface area contributed by atoms with Gasteiger partial charge in [-0.2, -0.15) is 15.3 Å². The van der Waals surface area contributed by atoms with Crippen LogP contribution in [0.4, 0.5) is 5.82 Å². The zero-order chi connectivity index (χ0) is 27.4. The maximum atomic E-state index is 13.6. The molecule has 0 radical (unpaired) electrons. The van der Waals surface area contributed by atoms with Crippen molar-refractivity contribution < 1.29 is 38.1 Å². The Balaban J connectivity index is 1.83. The Labute approximate surface area is 212 Å². The predicted molar refractivity (Wildman–Crippen MR) is 128 cm³/mol. The molecule has 1 saturated heterocycles. The molecule has 0 spiro atoms. The third-order valence-corrected chi connectivity index (χ3v) is 6.86. The minimum atomic E-state index is -4.34. The number of aliphatic hydroxyl groups is 2. The second-order valence-corrected chi connectivity index (χ2v) is 10.1. The number of nitriles is 1. The van der Waals surface area contributed by atoms with Crippen LogP contribution in [-0.2, 0) is 29.1 Å². The molecule has 1 aliphatic heterocycles. The molecular weight excluding hydrogens is 509 g/mol. The van der Waals surface area contributed by atoms with E-state index >= 15 is 0 Å². The molecule has 15 heteroatoms. The zero-order valence-corrected chi connectivity index (χ0v) is 21.1. The van der Waals surface area contributed by atoms with Crippen molar-refractivity contribution >= 4 is 19.5 Å². The van der Waals surface area contributed by atoms with Gasteiger partial charge in [0.25, 0.3) is 5.72 Å². The minimum absolute atomic E-state index is 0.127. The molecular formula is C22H28N5O9P. The summed E-state index contributed by atoms with van der Waals surface area (Å²) in [7, 11) is -4.34. The van der Waals surface area contributed by atoms with Crippen LogP contribution in [0.2, 0.25) is 0 Å². The van der Waals surface area contributed by atoms with Crippen LogP contribution in [0.25, 0.3) is 0 Å². The zero-order valence-electron chi connectivity index (χ0n) is 20.3. The van der Waals surface area contributed by atoms with E-state index in [1.165, 1.54) is 25.1 Å².